The Bertz CT molecular complexity index is 914. The zero-order valence-corrected chi connectivity index (χ0v) is 21.8. The van der Waals surface area contributed by atoms with Crippen molar-refractivity contribution in [2.24, 2.45) is 11.3 Å². The van der Waals surface area contributed by atoms with Gasteiger partial charge < -0.3 is 20.6 Å². The van der Waals surface area contributed by atoms with Crippen LogP contribution >= 0.6 is 0 Å². The molecular weight excluding hydrogens is 430 g/mol. The Hall–Kier alpha value is -2.67. The van der Waals surface area contributed by atoms with Gasteiger partial charge in [-0.2, -0.15) is 0 Å². The Morgan fingerprint density at radius 1 is 1.12 bits per heavy atom. The molecule has 0 radical (unpaired) electrons. The first-order valence-electron chi connectivity index (χ1n) is 12.0. The largest absolute Gasteiger partial charge is 0.478 e. The molecule has 0 aromatic heterocycles. The topological polar surface area (TPSA) is 98.7 Å². The fourth-order valence-electron chi connectivity index (χ4n) is 4.61. The Labute approximate surface area is 204 Å². The molecule has 7 heteroatoms. The number of hydrogen-bond donors (Lipinski definition) is 3. The van der Waals surface area contributed by atoms with Gasteiger partial charge in [0.05, 0.1) is 12.1 Å². The van der Waals surface area contributed by atoms with E-state index in [0.717, 1.165) is 18.4 Å². The van der Waals surface area contributed by atoms with Gasteiger partial charge in [-0.05, 0) is 43.7 Å². The summed E-state index contributed by atoms with van der Waals surface area (Å²) in [5.74, 6) is -1.46. The van der Waals surface area contributed by atoms with Crippen LogP contribution in [0.3, 0.4) is 0 Å². The lowest BCUT2D eigenvalue weighted by Gasteiger charge is -2.38. The van der Waals surface area contributed by atoms with Crippen LogP contribution in [0.1, 0.15) is 59.9 Å². The van der Waals surface area contributed by atoms with Gasteiger partial charge in [-0.1, -0.05) is 71.0 Å². The number of amides is 2. The molecule has 3 N–H and O–H groups in total. The first-order valence-corrected chi connectivity index (χ1v) is 12.0. The van der Waals surface area contributed by atoms with Crippen molar-refractivity contribution in [3.63, 3.8) is 0 Å². The van der Waals surface area contributed by atoms with Crippen LogP contribution < -0.4 is 10.6 Å². The van der Waals surface area contributed by atoms with Crippen molar-refractivity contribution in [3.8, 4) is 0 Å². The van der Waals surface area contributed by atoms with Gasteiger partial charge in [0.25, 0.3) is 0 Å². The molecule has 0 heterocycles. The third-order valence-electron chi connectivity index (χ3n) is 6.88. The summed E-state index contributed by atoms with van der Waals surface area (Å²) in [4.78, 5) is 40.2. The number of benzene rings is 1. The predicted octanol–water partition coefficient (Wildman–Crippen LogP) is 3.35. The quantitative estimate of drug-likeness (QED) is 0.455. The maximum atomic E-state index is 13.7. The summed E-state index contributed by atoms with van der Waals surface area (Å²) in [6.07, 6.45) is 3.41. The first kappa shape index (κ1) is 27.6. The lowest BCUT2D eigenvalue weighted by molar-refractivity contribution is -0.140. The zero-order valence-electron chi connectivity index (χ0n) is 21.8. The van der Waals surface area contributed by atoms with Gasteiger partial charge in [0, 0.05) is 18.0 Å². The van der Waals surface area contributed by atoms with Crippen LogP contribution in [-0.4, -0.2) is 60.0 Å². The maximum Gasteiger partial charge on any atom is 0.331 e. The Kier molecular flexibility index (Phi) is 8.70. The van der Waals surface area contributed by atoms with E-state index in [1.54, 1.807) is 25.1 Å². The molecule has 34 heavy (non-hydrogen) atoms. The maximum absolute atomic E-state index is 13.7. The number of aliphatic carboxylic acids is 1. The summed E-state index contributed by atoms with van der Waals surface area (Å²) >= 11 is 0. The van der Waals surface area contributed by atoms with Gasteiger partial charge in [0.1, 0.15) is 6.04 Å². The third kappa shape index (κ3) is 6.06. The number of carboxylic acid groups (broad SMARTS) is 1. The molecule has 0 unspecified atom stereocenters. The van der Waals surface area contributed by atoms with E-state index in [4.69, 9.17) is 0 Å². The fraction of sp³-hybridized carbons (Fsp3) is 0.593. The molecular formula is C27H41N3O4. The average Bonchev–Trinajstić information content (AvgIpc) is 3.56. The molecule has 1 aliphatic carbocycles. The minimum absolute atomic E-state index is 0.00237. The van der Waals surface area contributed by atoms with Crippen molar-refractivity contribution < 1.29 is 19.5 Å². The third-order valence-corrected chi connectivity index (χ3v) is 6.88. The SMILES string of the molecule is CN[C@@H](C(=O)N[C@H](C(=O)N(C)[C@H](/C=C(\C)C(=O)O)C(C)C)C(C)(C)C)C1(c2ccccc2)CC1. The zero-order chi connectivity index (χ0) is 25.8. The lowest BCUT2D eigenvalue weighted by atomic mass is 9.83. The number of carbonyl (C=O) groups is 3. The molecule has 1 aromatic rings. The number of likely N-dealkylation sites (N-methyl/N-ethyl adjacent to an activating group) is 2. The summed E-state index contributed by atoms with van der Waals surface area (Å²) in [5, 5.41) is 15.6. The molecule has 7 nitrogen and oxygen atoms in total. The van der Waals surface area contributed by atoms with E-state index >= 15 is 0 Å². The van der Waals surface area contributed by atoms with Crippen molar-refractivity contribution in [2.75, 3.05) is 14.1 Å². The summed E-state index contributed by atoms with van der Waals surface area (Å²) in [7, 11) is 3.45. The minimum atomic E-state index is -1.01. The fourth-order valence-corrected chi connectivity index (χ4v) is 4.61. The Morgan fingerprint density at radius 3 is 2.09 bits per heavy atom. The number of carbonyl (C=O) groups excluding carboxylic acids is 2. The van der Waals surface area contributed by atoms with Crippen molar-refractivity contribution in [1.82, 2.24) is 15.5 Å². The smallest absolute Gasteiger partial charge is 0.331 e. The van der Waals surface area contributed by atoms with Gasteiger partial charge in [0.2, 0.25) is 11.8 Å². The van der Waals surface area contributed by atoms with Crippen LogP contribution in [0.2, 0.25) is 0 Å². The van der Waals surface area contributed by atoms with Crippen LogP contribution in [0.5, 0.6) is 0 Å². The van der Waals surface area contributed by atoms with Crippen molar-refractivity contribution in [2.45, 2.75) is 77.9 Å². The number of hydrogen-bond acceptors (Lipinski definition) is 4. The standard InChI is InChI=1S/C27H41N3O4/c1-17(2)20(16-18(3)25(33)34)30(8)24(32)22(26(4,5)6)29-23(31)21(28-7)27(14-15-27)19-12-10-9-11-13-19/h9-13,16-17,20-22,28H,14-15H2,1-8H3,(H,29,31)(H,33,34)/b18-16+/t20-,21+,22-/m1/s1. The molecule has 0 spiro atoms. The van der Waals surface area contributed by atoms with E-state index in [0.29, 0.717) is 0 Å². The second-order valence-electron chi connectivity index (χ2n) is 10.9. The number of rotatable bonds is 10. The number of nitrogens with one attached hydrogen (secondary N) is 2. The average molecular weight is 472 g/mol. The van der Waals surface area contributed by atoms with E-state index in [1.165, 1.54) is 6.92 Å². The summed E-state index contributed by atoms with van der Waals surface area (Å²) in [6, 6.07) is 8.38. The van der Waals surface area contributed by atoms with Crippen LogP contribution in [0, 0.1) is 11.3 Å². The number of nitrogens with zero attached hydrogens (tertiary/aromatic N) is 1. The highest BCUT2D eigenvalue weighted by Gasteiger charge is 2.53. The Balaban J connectivity index is 2.32. The van der Waals surface area contributed by atoms with Gasteiger partial charge in [-0.25, -0.2) is 4.79 Å². The first-order chi connectivity index (χ1) is 15.8. The van der Waals surface area contributed by atoms with Crippen molar-refractivity contribution in [3.05, 3.63) is 47.5 Å². The number of carboxylic acids is 1. The van der Waals surface area contributed by atoms with Gasteiger partial charge in [0.15, 0.2) is 0 Å². The highest BCUT2D eigenvalue weighted by molar-refractivity contribution is 5.92. The van der Waals surface area contributed by atoms with Crippen LogP contribution in [0.4, 0.5) is 0 Å². The molecule has 1 saturated carbocycles. The molecule has 2 rings (SSSR count). The molecule has 0 aliphatic heterocycles. The highest BCUT2D eigenvalue weighted by Crippen LogP contribution is 2.51. The highest BCUT2D eigenvalue weighted by atomic mass is 16.4. The molecule has 2 amide bonds. The van der Waals surface area contributed by atoms with Crippen LogP contribution in [-0.2, 0) is 19.8 Å². The van der Waals surface area contributed by atoms with Gasteiger partial charge >= 0.3 is 5.97 Å². The van der Waals surface area contributed by atoms with Crippen LogP contribution in [0.25, 0.3) is 0 Å². The van der Waals surface area contributed by atoms with E-state index in [9.17, 15) is 19.5 Å². The molecule has 0 saturated heterocycles. The minimum Gasteiger partial charge on any atom is -0.478 e. The normalized spacial score (nSPS) is 18.1. The second-order valence-corrected chi connectivity index (χ2v) is 10.9. The van der Waals surface area contributed by atoms with Crippen molar-refractivity contribution in [1.29, 1.82) is 0 Å². The molecule has 1 fully saturated rings. The summed E-state index contributed by atoms with van der Waals surface area (Å²) < 4.78 is 0. The van der Waals surface area contributed by atoms with Gasteiger partial charge in [-0.15, -0.1) is 0 Å². The lowest BCUT2D eigenvalue weighted by Crippen LogP contribution is -2.60. The van der Waals surface area contributed by atoms with E-state index in [1.807, 2.05) is 52.8 Å². The van der Waals surface area contributed by atoms with E-state index in [-0.39, 0.29) is 28.7 Å². The van der Waals surface area contributed by atoms with Crippen molar-refractivity contribution >= 4 is 17.8 Å². The summed E-state index contributed by atoms with van der Waals surface area (Å²) in [5.41, 5.74) is 0.479. The molecule has 1 aromatic carbocycles. The summed E-state index contributed by atoms with van der Waals surface area (Å²) in [6.45, 7) is 11.2. The monoisotopic (exact) mass is 471 g/mol. The van der Waals surface area contributed by atoms with E-state index < -0.39 is 29.5 Å². The predicted molar refractivity (Wildman–Crippen MR) is 134 cm³/mol. The second kappa shape index (κ2) is 10.7. The van der Waals surface area contributed by atoms with Gasteiger partial charge in [-0.3, -0.25) is 9.59 Å². The van der Waals surface area contributed by atoms with Crippen LogP contribution in [0.15, 0.2) is 42.0 Å². The molecule has 0 bridgehead atoms. The molecule has 188 valence electrons. The molecule has 3 atom stereocenters. The Morgan fingerprint density at radius 2 is 1.68 bits per heavy atom. The van der Waals surface area contributed by atoms with E-state index in [2.05, 4.69) is 22.8 Å². The molecule has 1 aliphatic rings.